The van der Waals surface area contributed by atoms with Crippen molar-refractivity contribution in [1.29, 1.82) is 0 Å². The summed E-state index contributed by atoms with van der Waals surface area (Å²) in [7, 11) is 0. The fourth-order valence-corrected chi connectivity index (χ4v) is 4.80. The van der Waals surface area contributed by atoms with Crippen molar-refractivity contribution in [3.05, 3.63) is 58.0 Å². The molecule has 31 heavy (non-hydrogen) atoms. The molecule has 0 saturated heterocycles. The van der Waals surface area contributed by atoms with Crippen LogP contribution in [0.3, 0.4) is 0 Å². The lowest BCUT2D eigenvalue weighted by Gasteiger charge is -2.26. The largest absolute Gasteiger partial charge is 0.439 e. The highest BCUT2D eigenvalue weighted by Crippen LogP contribution is 2.29. The molecule has 162 valence electrons. The highest BCUT2D eigenvalue weighted by molar-refractivity contribution is 7.15. The third kappa shape index (κ3) is 5.45. The van der Waals surface area contributed by atoms with Gasteiger partial charge in [0.2, 0.25) is 11.8 Å². The Morgan fingerprint density at radius 3 is 2.87 bits per heavy atom. The topological polar surface area (TPSA) is 80.2 Å². The number of aromatic nitrogens is 3. The van der Waals surface area contributed by atoms with Gasteiger partial charge in [-0.2, -0.15) is 4.98 Å². The fourth-order valence-electron chi connectivity index (χ4n) is 3.91. The summed E-state index contributed by atoms with van der Waals surface area (Å²) in [5.74, 6) is 2.00. The van der Waals surface area contributed by atoms with Gasteiger partial charge in [-0.3, -0.25) is 9.69 Å². The molecule has 0 unspecified atom stereocenters. The molecule has 1 aromatic carbocycles. The van der Waals surface area contributed by atoms with Crippen molar-refractivity contribution in [2.24, 2.45) is 0 Å². The Balaban J connectivity index is 1.45. The summed E-state index contributed by atoms with van der Waals surface area (Å²) < 4.78 is 6.03. The van der Waals surface area contributed by atoms with E-state index in [0.29, 0.717) is 22.9 Å². The molecular formula is C23H27N5O2S. The Morgan fingerprint density at radius 2 is 2.10 bits per heavy atom. The second-order valence-electron chi connectivity index (χ2n) is 8.01. The molecule has 1 atom stereocenters. The third-order valence-corrected chi connectivity index (χ3v) is 6.24. The number of carbonyl (C=O) groups excluding carboxylic acids is 1. The Morgan fingerprint density at radius 1 is 1.26 bits per heavy atom. The number of carbonyl (C=O) groups is 1. The Kier molecular flexibility index (Phi) is 6.29. The number of hydrogen-bond acceptors (Lipinski definition) is 7. The second kappa shape index (κ2) is 9.11. The third-order valence-electron chi connectivity index (χ3n) is 5.35. The van der Waals surface area contributed by atoms with Crippen molar-refractivity contribution in [2.45, 2.75) is 53.1 Å². The molecule has 0 fully saturated rings. The summed E-state index contributed by atoms with van der Waals surface area (Å²) in [5, 5.41) is 3.42. The molecule has 1 N–H and O–H groups in total. The quantitative estimate of drug-likeness (QED) is 0.641. The van der Waals surface area contributed by atoms with E-state index in [-0.39, 0.29) is 5.91 Å². The van der Waals surface area contributed by atoms with E-state index in [0.717, 1.165) is 42.3 Å². The molecule has 0 saturated carbocycles. The number of amides is 1. The van der Waals surface area contributed by atoms with Crippen LogP contribution < -0.4 is 10.1 Å². The monoisotopic (exact) mass is 437 g/mol. The lowest BCUT2D eigenvalue weighted by atomic mass is 10.0. The molecular weight excluding hydrogens is 410 g/mol. The lowest BCUT2D eigenvalue weighted by Crippen LogP contribution is -2.33. The van der Waals surface area contributed by atoms with Crippen molar-refractivity contribution in [3.63, 3.8) is 0 Å². The van der Waals surface area contributed by atoms with Gasteiger partial charge in [-0.05, 0) is 56.9 Å². The van der Waals surface area contributed by atoms with E-state index in [1.807, 2.05) is 32.2 Å². The number of ether oxygens (including phenoxy) is 1. The standard InChI is InChI=1S/C23H27N5O2S/c1-14-9-22(26-16(3)25-14)30-20-6-5-18-7-8-28(15(2)10-19(18)11-20)13-21-12-24-23(31-21)27-17(4)29/h5-6,9,11-12,15H,7-8,10,13H2,1-4H3,(H,24,27,29)/t15-/m1/s1. The van der Waals surface area contributed by atoms with Crippen molar-refractivity contribution in [2.75, 3.05) is 11.9 Å². The molecule has 1 amide bonds. The first-order valence-corrected chi connectivity index (χ1v) is 11.3. The van der Waals surface area contributed by atoms with E-state index in [1.54, 1.807) is 0 Å². The maximum absolute atomic E-state index is 11.2. The summed E-state index contributed by atoms with van der Waals surface area (Å²) in [5.41, 5.74) is 3.57. The zero-order valence-corrected chi connectivity index (χ0v) is 19.1. The van der Waals surface area contributed by atoms with Crippen molar-refractivity contribution < 1.29 is 9.53 Å². The van der Waals surface area contributed by atoms with Gasteiger partial charge in [0, 0.05) is 48.9 Å². The number of benzene rings is 1. The summed E-state index contributed by atoms with van der Waals surface area (Å²) in [4.78, 5) is 27.9. The van der Waals surface area contributed by atoms with Crippen LogP contribution in [0.15, 0.2) is 30.5 Å². The van der Waals surface area contributed by atoms with E-state index < -0.39 is 0 Å². The smallest absolute Gasteiger partial charge is 0.223 e. The number of nitrogens with zero attached hydrogens (tertiary/aromatic N) is 4. The van der Waals surface area contributed by atoms with Gasteiger partial charge in [0.05, 0.1) is 0 Å². The zero-order chi connectivity index (χ0) is 22.0. The Bertz CT molecular complexity index is 1080. The van der Waals surface area contributed by atoms with Crippen LogP contribution in [0.4, 0.5) is 5.13 Å². The summed E-state index contributed by atoms with van der Waals surface area (Å²) in [6, 6.07) is 8.57. The average molecular weight is 438 g/mol. The lowest BCUT2D eigenvalue weighted by molar-refractivity contribution is -0.114. The number of nitrogens with one attached hydrogen (secondary N) is 1. The molecule has 3 heterocycles. The first kappa shape index (κ1) is 21.4. The van der Waals surface area contributed by atoms with E-state index in [2.05, 4.69) is 44.2 Å². The first-order chi connectivity index (χ1) is 14.9. The van der Waals surface area contributed by atoms with Crippen LogP contribution in [-0.4, -0.2) is 38.3 Å². The SMILES string of the molecule is CC(=O)Nc1ncc(CN2CCc3ccc(Oc4cc(C)nc(C)n4)cc3C[C@H]2C)s1. The van der Waals surface area contributed by atoms with Gasteiger partial charge < -0.3 is 10.1 Å². The highest BCUT2D eigenvalue weighted by Gasteiger charge is 2.22. The predicted octanol–water partition coefficient (Wildman–Crippen LogP) is 4.29. The van der Waals surface area contributed by atoms with Crippen molar-refractivity contribution in [1.82, 2.24) is 19.9 Å². The minimum Gasteiger partial charge on any atom is -0.439 e. The number of rotatable bonds is 5. The number of fused-ring (bicyclic) bond motifs is 1. The number of anilines is 1. The molecule has 0 bridgehead atoms. The minimum atomic E-state index is -0.0928. The molecule has 3 aromatic rings. The van der Waals surface area contributed by atoms with E-state index in [1.165, 1.54) is 29.4 Å². The van der Waals surface area contributed by atoms with E-state index >= 15 is 0 Å². The molecule has 8 heteroatoms. The van der Waals surface area contributed by atoms with Gasteiger partial charge in [-0.15, -0.1) is 11.3 Å². The van der Waals surface area contributed by atoms with Crippen LogP contribution in [0.1, 0.15) is 41.4 Å². The number of hydrogen-bond donors (Lipinski definition) is 1. The molecule has 0 spiro atoms. The summed E-state index contributed by atoms with van der Waals surface area (Å²) in [6.45, 7) is 9.38. The first-order valence-electron chi connectivity index (χ1n) is 10.4. The molecule has 0 aliphatic carbocycles. The van der Waals surface area contributed by atoms with E-state index in [9.17, 15) is 4.79 Å². The van der Waals surface area contributed by atoms with Crippen LogP contribution in [0.25, 0.3) is 0 Å². The van der Waals surface area contributed by atoms with Gasteiger partial charge in [0.15, 0.2) is 5.13 Å². The van der Waals surface area contributed by atoms with Gasteiger partial charge in [-0.25, -0.2) is 9.97 Å². The van der Waals surface area contributed by atoms with Crippen LogP contribution in [0.5, 0.6) is 11.6 Å². The number of aryl methyl sites for hydroxylation is 2. The van der Waals surface area contributed by atoms with Crippen molar-refractivity contribution >= 4 is 22.4 Å². The van der Waals surface area contributed by atoms with Gasteiger partial charge in [-0.1, -0.05) is 6.07 Å². The minimum absolute atomic E-state index is 0.0928. The molecule has 0 radical (unpaired) electrons. The average Bonchev–Trinajstić information content (AvgIpc) is 3.04. The normalized spacial score (nSPS) is 16.5. The second-order valence-corrected chi connectivity index (χ2v) is 9.13. The highest BCUT2D eigenvalue weighted by atomic mass is 32.1. The molecule has 7 nitrogen and oxygen atoms in total. The molecule has 1 aliphatic rings. The maximum Gasteiger partial charge on any atom is 0.223 e. The summed E-state index contributed by atoms with van der Waals surface area (Å²) >= 11 is 1.54. The summed E-state index contributed by atoms with van der Waals surface area (Å²) in [6.07, 6.45) is 3.80. The predicted molar refractivity (Wildman–Crippen MR) is 122 cm³/mol. The Hall–Kier alpha value is -2.84. The van der Waals surface area contributed by atoms with Crippen LogP contribution in [0.2, 0.25) is 0 Å². The molecule has 4 rings (SSSR count). The Labute approximate surface area is 186 Å². The van der Waals surface area contributed by atoms with Gasteiger partial charge in [0.1, 0.15) is 11.6 Å². The van der Waals surface area contributed by atoms with Crippen molar-refractivity contribution in [3.8, 4) is 11.6 Å². The van der Waals surface area contributed by atoms with Crippen LogP contribution in [-0.2, 0) is 24.2 Å². The van der Waals surface area contributed by atoms with Crippen LogP contribution in [0, 0.1) is 13.8 Å². The van der Waals surface area contributed by atoms with Crippen LogP contribution >= 0.6 is 11.3 Å². The number of thiazole rings is 1. The van der Waals surface area contributed by atoms with Gasteiger partial charge in [0.25, 0.3) is 0 Å². The van der Waals surface area contributed by atoms with Gasteiger partial charge >= 0.3 is 0 Å². The fraction of sp³-hybridized carbons (Fsp3) is 0.391. The maximum atomic E-state index is 11.2. The van der Waals surface area contributed by atoms with E-state index in [4.69, 9.17) is 4.74 Å². The molecule has 2 aromatic heterocycles. The molecule has 1 aliphatic heterocycles. The zero-order valence-electron chi connectivity index (χ0n) is 18.3.